The molecule has 0 aliphatic heterocycles. The third-order valence-corrected chi connectivity index (χ3v) is 3.75. The van der Waals surface area contributed by atoms with Crippen LogP contribution in [-0.2, 0) is 10.3 Å². The van der Waals surface area contributed by atoms with Gasteiger partial charge in [-0.2, -0.15) is 30.7 Å². The van der Waals surface area contributed by atoms with Crippen LogP contribution >= 0.6 is 15.9 Å². The van der Waals surface area contributed by atoms with Crippen molar-refractivity contribution in [2.75, 3.05) is 7.11 Å². The lowest BCUT2D eigenvalue weighted by Crippen LogP contribution is -2.54. The van der Waals surface area contributed by atoms with Crippen LogP contribution in [0.2, 0.25) is 0 Å². The van der Waals surface area contributed by atoms with E-state index in [-0.39, 0.29) is 5.56 Å². The maximum absolute atomic E-state index is 13.6. The first kappa shape index (κ1) is 19.2. The van der Waals surface area contributed by atoms with Gasteiger partial charge in [0.2, 0.25) is 0 Å². The Labute approximate surface area is 130 Å². The lowest BCUT2D eigenvalue weighted by Gasteiger charge is -2.36. The van der Waals surface area contributed by atoms with E-state index < -0.39 is 30.0 Å². The van der Waals surface area contributed by atoms with Crippen molar-refractivity contribution in [3.05, 3.63) is 34.3 Å². The normalized spacial score (nSPS) is 16.5. The number of hydrogen-bond acceptors (Lipinski definition) is 1. The fraction of sp³-hybridized carbons (Fsp3) is 0.538. The average Bonchev–Trinajstić information content (AvgIpc) is 2.36. The van der Waals surface area contributed by atoms with Gasteiger partial charge in [0.1, 0.15) is 0 Å². The standard InChI is InChI=1S/C13H12BrF7O/c1-10(22-2,8-4-3-5-9(14)6-8)7-11(15,16)12(17,18)13(19,20)21/h3-6H,7H2,1-2H3. The van der Waals surface area contributed by atoms with E-state index in [9.17, 15) is 30.7 Å². The van der Waals surface area contributed by atoms with Crippen LogP contribution in [0, 0.1) is 0 Å². The SMILES string of the molecule is COC(C)(CC(F)(F)C(F)(F)C(F)(F)F)c1cccc(Br)c1. The van der Waals surface area contributed by atoms with E-state index in [1.807, 2.05) is 0 Å². The molecule has 0 N–H and O–H groups in total. The summed E-state index contributed by atoms with van der Waals surface area (Å²) in [6.45, 7) is 1.02. The highest BCUT2D eigenvalue weighted by Crippen LogP contribution is 2.51. The van der Waals surface area contributed by atoms with Gasteiger partial charge in [-0.05, 0) is 24.6 Å². The molecule has 0 radical (unpaired) electrons. The molecule has 1 atom stereocenters. The maximum atomic E-state index is 13.6. The summed E-state index contributed by atoms with van der Waals surface area (Å²) in [5.74, 6) is -11.5. The van der Waals surface area contributed by atoms with Crippen LogP contribution in [-0.4, -0.2) is 25.1 Å². The minimum Gasteiger partial charge on any atom is -0.374 e. The highest BCUT2D eigenvalue weighted by molar-refractivity contribution is 9.10. The fourth-order valence-electron chi connectivity index (χ4n) is 1.85. The Morgan fingerprint density at radius 1 is 1.05 bits per heavy atom. The summed E-state index contributed by atoms with van der Waals surface area (Å²) in [4.78, 5) is 0. The molecule has 1 rings (SSSR count). The van der Waals surface area contributed by atoms with Gasteiger partial charge in [-0.25, -0.2) is 0 Å². The molecule has 1 aromatic carbocycles. The number of rotatable bonds is 5. The summed E-state index contributed by atoms with van der Waals surface area (Å²) >= 11 is 3.06. The third kappa shape index (κ3) is 3.56. The zero-order chi connectivity index (χ0) is 17.4. The number of halogens is 8. The second-order valence-electron chi connectivity index (χ2n) is 4.90. The van der Waals surface area contributed by atoms with E-state index in [2.05, 4.69) is 15.9 Å². The number of alkyl halides is 7. The van der Waals surface area contributed by atoms with Crippen molar-refractivity contribution < 1.29 is 35.5 Å². The Morgan fingerprint density at radius 2 is 1.59 bits per heavy atom. The fourth-order valence-corrected chi connectivity index (χ4v) is 2.25. The van der Waals surface area contributed by atoms with E-state index in [0.29, 0.717) is 4.47 Å². The quantitative estimate of drug-likeness (QED) is 0.594. The van der Waals surface area contributed by atoms with E-state index >= 15 is 0 Å². The molecule has 1 nitrogen and oxygen atoms in total. The molecule has 1 aromatic rings. The predicted octanol–water partition coefficient (Wildman–Crippen LogP) is 5.53. The molecule has 0 spiro atoms. The van der Waals surface area contributed by atoms with Gasteiger partial charge in [0.15, 0.2) is 0 Å². The molecule has 0 aliphatic carbocycles. The molecule has 0 fully saturated rings. The Morgan fingerprint density at radius 3 is 2.00 bits per heavy atom. The molecule has 0 saturated carbocycles. The van der Waals surface area contributed by atoms with Gasteiger partial charge in [0.05, 0.1) is 12.0 Å². The van der Waals surface area contributed by atoms with E-state index in [0.717, 1.165) is 14.0 Å². The van der Waals surface area contributed by atoms with Crippen LogP contribution in [0.15, 0.2) is 28.7 Å². The zero-order valence-electron chi connectivity index (χ0n) is 11.4. The van der Waals surface area contributed by atoms with Gasteiger partial charge in [-0.15, -0.1) is 0 Å². The van der Waals surface area contributed by atoms with Gasteiger partial charge in [0, 0.05) is 11.6 Å². The number of hydrogen-bond donors (Lipinski definition) is 0. The summed E-state index contributed by atoms with van der Waals surface area (Å²) < 4.78 is 95.1. The van der Waals surface area contributed by atoms with Crippen molar-refractivity contribution >= 4 is 15.9 Å². The van der Waals surface area contributed by atoms with Crippen LogP contribution in [0.5, 0.6) is 0 Å². The minimum atomic E-state index is -6.36. The highest BCUT2D eigenvalue weighted by atomic mass is 79.9. The minimum absolute atomic E-state index is 0.0435. The molecule has 1 unspecified atom stereocenters. The number of benzene rings is 1. The Balaban J connectivity index is 3.22. The van der Waals surface area contributed by atoms with Crippen molar-refractivity contribution in [3.8, 4) is 0 Å². The summed E-state index contributed by atoms with van der Waals surface area (Å²) in [6.07, 6.45) is -8.19. The molecular weight excluding hydrogens is 385 g/mol. The molecule has 0 bridgehead atoms. The second-order valence-corrected chi connectivity index (χ2v) is 5.81. The molecule has 0 aliphatic rings. The summed E-state index contributed by atoms with van der Waals surface area (Å²) in [5.41, 5.74) is -1.98. The predicted molar refractivity (Wildman–Crippen MR) is 69.1 cm³/mol. The first-order valence-corrected chi connectivity index (χ1v) is 6.70. The summed E-state index contributed by atoms with van der Waals surface area (Å²) in [7, 11) is 0.961. The van der Waals surface area contributed by atoms with Crippen LogP contribution in [0.1, 0.15) is 18.9 Å². The maximum Gasteiger partial charge on any atom is 0.459 e. The van der Waals surface area contributed by atoms with Crippen LogP contribution in [0.25, 0.3) is 0 Å². The molecular formula is C13H12BrF7O. The van der Waals surface area contributed by atoms with Gasteiger partial charge >= 0.3 is 18.0 Å². The van der Waals surface area contributed by atoms with E-state index in [1.165, 1.54) is 18.2 Å². The molecule has 9 heteroatoms. The first-order valence-electron chi connectivity index (χ1n) is 5.90. The van der Waals surface area contributed by atoms with Crippen molar-refractivity contribution in [3.63, 3.8) is 0 Å². The Hall–Kier alpha value is -0.830. The van der Waals surface area contributed by atoms with Crippen molar-refractivity contribution in [1.29, 1.82) is 0 Å². The summed E-state index contributed by atoms with van der Waals surface area (Å²) in [6, 6.07) is 5.58. The first-order chi connectivity index (χ1) is 9.77. The van der Waals surface area contributed by atoms with Gasteiger partial charge in [0.25, 0.3) is 0 Å². The zero-order valence-corrected chi connectivity index (χ0v) is 13.0. The van der Waals surface area contributed by atoms with Crippen molar-refractivity contribution in [2.45, 2.75) is 37.0 Å². The Kier molecular flexibility index (Phi) is 5.23. The van der Waals surface area contributed by atoms with Gasteiger partial charge in [-0.1, -0.05) is 28.1 Å². The monoisotopic (exact) mass is 396 g/mol. The highest BCUT2D eigenvalue weighted by Gasteiger charge is 2.73. The summed E-state index contributed by atoms with van der Waals surface area (Å²) in [5, 5.41) is 0. The Bertz CT molecular complexity index is 529. The van der Waals surface area contributed by atoms with E-state index in [1.54, 1.807) is 6.07 Å². The average molecular weight is 397 g/mol. The molecule has 0 amide bonds. The van der Waals surface area contributed by atoms with Gasteiger partial charge in [-0.3, -0.25) is 0 Å². The molecule has 0 saturated heterocycles. The smallest absolute Gasteiger partial charge is 0.374 e. The topological polar surface area (TPSA) is 9.23 Å². The van der Waals surface area contributed by atoms with Crippen LogP contribution < -0.4 is 0 Å². The van der Waals surface area contributed by atoms with Crippen LogP contribution in [0.4, 0.5) is 30.7 Å². The molecule has 0 aromatic heterocycles. The van der Waals surface area contributed by atoms with Crippen molar-refractivity contribution in [2.24, 2.45) is 0 Å². The number of methoxy groups -OCH3 is 1. The lowest BCUT2D eigenvalue weighted by molar-refractivity contribution is -0.361. The largest absolute Gasteiger partial charge is 0.459 e. The molecule has 0 heterocycles. The van der Waals surface area contributed by atoms with Crippen molar-refractivity contribution in [1.82, 2.24) is 0 Å². The molecule has 22 heavy (non-hydrogen) atoms. The van der Waals surface area contributed by atoms with E-state index in [4.69, 9.17) is 4.74 Å². The molecule has 126 valence electrons. The third-order valence-electron chi connectivity index (χ3n) is 3.26. The lowest BCUT2D eigenvalue weighted by atomic mass is 9.87. The van der Waals surface area contributed by atoms with Crippen LogP contribution in [0.3, 0.4) is 0 Å². The number of ether oxygens (including phenoxy) is 1. The second kappa shape index (κ2) is 5.99. The van der Waals surface area contributed by atoms with Gasteiger partial charge < -0.3 is 4.74 Å².